The maximum Gasteiger partial charge on any atom is 0.269 e. The molecule has 1 aromatic carbocycles. The molecule has 0 radical (unpaired) electrons. The predicted molar refractivity (Wildman–Crippen MR) is 103 cm³/mol. The van der Waals surface area contributed by atoms with E-state index in [2.05, 4.69) is 15.2 Å². The molecule has 4 rings (SSSR count). The summed E-state index contributed by atoms with van der Waals surface area (Å²) in [4.78, 5) is 18.8. The number of anilines is 1. The van der Waals surface area contributed by atoms with Crippen molar-refractivity contribution < 1.29 is 18.7 Å². The number of nitrogens with zero attached hydrogens (tertiary/aromatic N) is 2. The van der Waals surface area contributed by atoms with Crippen LogP contribution in [0.5, 0.6) is 0 Å². The third-order valence-corrected chi connectivity index (χ3v) is 5.32. The van der Waals surface area contributed by atoms with Crippen LogP contribution in [0, 0.1) is 5.82 Å². The highest BCUT2D eigenvalue weighted by atomic mass is 19.1. The van der Waals surface area contributed by atoms with Crippen LogP contribution in [-0.4, -0.2) is 49.5 Å². The van der Waals surface area contributed by atoms with Crippen LogP contribution in [0.2, 0.25) is 0 Å². The Morgan fingerprint density at radius 2 is 1.89 bits per heavy atom. The van der Waals surface area contributed by atoms with Crippen molar-refractivity contribution in [1.29, 1.82) is 0 Å². The molecule has 2 aliphatic heterocycles. The number of aromatic nitrogens is 1. The van der Waals surface area contributed by atoms with Gasteiger partial charge in [0.25, 0.3) is 5.91 Å². The molecule has 2 fully saturated rings. The van der Waals surface area contributed by atoms with Gasteiger partial charge in [0.05, 0.1) is 25.1 Å². The number of hydrogen-bond donors (Lipinski definition) is 1. The van der Waals surface area contributed by atoms with Crippen LogP contribution >= 0.6 is 0 Å². The SMILES string of the molecule is O=C(NCCc1ccccc1F)c1ccc(N2CCC3(CC2)OCCO3)cn1. The topological polar surface area (TPSA) is 63.7 Å². The summed E-state index contributed by atoms with van der Waals surface area (Å²) in [6, 6.07) is 10.2. The monoisotopic (exact) mass is 385 g/mol. The van der Waals surface area contributed by atoms with Gasteiger partial charge < -0.3 is 19.7 Å². The molecular formula is C21H24FN3O3. The fourth-order valence-electron chi connectivity index (χ4n) is 3.70. The Morgan fingerprint density at radius 3 is 2.57 bits per heavy atom. The number of carbonyl (C=O) groups is 1. The molecule has 0 saturated carbocycles. The first-order valence-electron chi connectivity index (χ1n) is 9.66. The van der Waals surface area contributed by atoms with Crippen molar-refractivity contribution in [3.63, 3.8) is 0 Å². The molecule has 2 aromatic rings. The number of nitrogens with one attached hydrogen (secondary N) is 1. The Labute approximate surface area is 163 Å². The van der Waals surface area contributed by atoms with E-state index in [9.17, 15) is 9.18 Å². The molecule has 2 saturated heterocycles. The zero-order chi connectivity index (χ0) is 19.4. The minimum Gasteiger partial charge on any atom is -0.370 e. The first kappa shape index (κ1) is 18.8. The zero-order valence-electron chi connectivity index (χ0n) is 15.7. The van der Waals surface area contributed by atoms with Gasteiger partial charge in [-0.2, -0.15) is 0 Å². The lowest BCUT2D eigenvalue weighted by Crippen LogP contribution is -2.45. The third-order valence-electron chi connectivity index (χ3n) is 5.32. The predicted octanol–water partition coefficient (Wildman–Crippen LogP) is 2.54. The minimum atomic E-state index is -0.401. The molecule has 1 N–H and O–H groups in total. The molecule has 1 aromatic heterocycles. The van der Waals surface area contributed by atoms with Gasteiger partial charge in [0, 0.05) is 32.5 Å². The number of halogens is 1. The first-order chi connectivity index (χ1) is 13.7. The zero-order valence-corrected chi connectivity index (χ0v) is 15.7. The molecular weight excluding hydrogens is 361 g/mol. The van der Waals surface area contributed by atoms with Crippen LogP contribution < -0.4 is 10.2 Å². The lowest BCUT2D eigenvalue weighted by Gasteiger charge is -2.38. The molecule has 0 unspecified atom stereocenters. The Hall–Kier alpha value is -2.51. The minimum absolute atomic E-state index is 0.254. The third kappa shape index (κ3) is 4.15. The summed E-state index contributed by atoms with van der Waals surface area (Å²) < 4.78 is 25.1. The molecule has 0 bridgehead atoms. The molecule has 2 aliphatic rings. The van der Waals surface area contributed by atoms with Crippen LogP contribution in [0.3, 0.4) is 0 Å². The van der Waals surface area contributed by atoms with Crippen LogP contribution in [0.4, 0.5) is 10.1 Å². The normalized spacial score (nSPS) is 18.4. The van der Waals surface area contributed by atoms with E-state index in [1.807, 2.05) is 6.07 Å². The smallest absolute Gasteiger partial charge is 0.269 e. The second-order valence-corrected chi connectivity index (χ2v) is 7.09. The van der Waals surface area contributed by atoms with E-state index in [-0.39, 0.29) is 11.7 Å². The maximum atomic E-state index is 13.6. The second kappa shape index (κ2) is 8.24. The summed E-state index contributed by atoms with van der Waals surface area (Å²) in [6.07, 6.45) is 3.81. The van der Waals surface area contributed by atoms with E-state index in [1.165, 1.54) is 6.07 Å². The van der Waals surface area contributed by atoms with E-state index < -0.39 is 5.79 Å². The first-order valence-corrected chi connectivity index (χ1v) is 9.66. The Bertz CT molecular complexity index is 812. The fraction of sp³-hybridized carbons (Fsp3) is 0.429. The van der Waals surface area contributed by atoms with Crippen molar-refractivity contribution in [3.8, 4) is 0 Å². The van der Waals surface area contributed by atoms with Crippen LogP contribution in [-0.2, 0) is 15.9 Å². The van der Waals surface area contributed by atoms with E-state index in [4.69, 9.17) is 9.47 Å². The Balaban J connectivity index is 1.28. The fourth-order valence-corrected chi connectivity index (χ4v) is 3.70. The highest BCUT2D eigenvalue weighted by Gasteiger charge is 2.39. The molecule has 148 valence electrons. The van der Waals surface area contributed by atoms with Gasteiger partial charge in [0.2, 0.25) is 0 Å². The number of amides is 1. The van der Waals surface area contributed by atoms with Gasteiger partial charge in [0.15, 0.2) is 5.79 Å². The molecule has 0 atom stereocenters. The van der Waals surface area contributed by atoms with E-state index >= 15 is 0 Å². The summed E-state index contributed by atoms with van der Waals surface area (Å²) in [5.41, 5.74) is 1.92. The van der Waals surface area contributed by atoms with Gasteiger partial charge in [-0.05, 0) is 30.2 Å². The average Bonchev–Trinajstić information content (AvgIpc) is 3.18. The molecule has 28 heavy (non-hydrogen) atoms. The highest BCUT2D eigenvalue weighted by Crippen LogP contribution is 2.32. The van der Waals surface area contributed by atoms with Gasteiger partial charge in [-0.3, -0.25) is 4.79 Å². The number of hydrogen-bond acceptors (Lipinski definition) is 5. The summed E-state index contributed by atoms with van der Waals surface area (Å²) >= 11 is 0. The summed E-state index contributed by atoms with van der Waals surface area (Å²) in [5.74, 6) is -0.911. The molecule has 3 heterocycles. The second-order valence-electron chi connectivity index (χ2n) is 7.09. The summed E-state index contributed by atoms with van der Waals surface area (Å²) in [5, 5.41) is 2.79. The van der Waals surface area contributed by atoms with Crippen LogP contribution in [0.25, 0.3) is 0 Å². The lowest BCUT2D eigenvalue weighted by molar-refractivity contribution is -0.169. The van der Waals surface area contributed by atoms with Crippen molar-refractivity contribution in [2.75, 3.05) is 37.7 Å². The molecule has 1 amide bonds. The van der Waals surface area contributed by atoms with Crippen molar-refractivity contribution in [2.45, 2.75) is 25.0 Å². The number of pyridine rings is 1. The molecule has 0 aliphatic carbocycles. The van der Waals surface area contributed by atoms with Crippen molar-refractivity contribution in [2.24, 2.45) is 0 Å². The van der Waals surface area contributed by atoms with Crippen molar-refractivity contribution >= 4 is 11.6 Å². The van der Waals surface area contributed by atoms with Gasteiger partial charge in [-0.25, -0.2) is 9.37 Å². The van der Waals surface area contributed by atoms with Gasteiger partial charge >= 0.3 is 0 Å². The van der Waals surface area contributed by atoms with Crippen LogP contribution in [0.1, 0.15) is 28.9 Å². The van der Waals surface area contributed by atoms with Gasteiger partial charge in [0.1, 0.15) is 11.5 Å². The summed E-state index contributed by atoms with van der Waals surface area (Å²) in [7, 11) is 0. The summed E-state index contributed by atoms with van der Waals surface area (Å²) in [6.45, 7) is 3.35. The van der Waals surface area contributed by atoms with Gasteiger partial charge in [-0.1, -0.05) is 18.2 Å². The van der Waals surface area contributed by atoms with Crippen LogP contribution in [0.15, 0.2) is 42.6 Å². The standard InChI is InChI=1S/C21H24FN3O3/c22-18-4-2-1-3-16(18)7-10-23-20(26)19-6-5-17(15-24-19)25-11-8-21(9-12-25)27-13-14-28-21/h1-6,15H,7-14H2,(H,23,26). The van der Waals surface area contributed by atoms with Gasteiger partial charge in [-0.15, -0.1) is 0 Å². The lowest BCUT2D eigenvalue weighted by atomic mass is 10.0. The largest absolute Gasteiger partial charge is 0.370 e. The maximum absolute atomic E-state index is 13.6. The quantitative estimate of drug-likeness (QED) is 0.857. The highest BCUT2D eigenvalue weighted by molar-refractivity contribution is 5.92. The number of benzene rings is 1. The van der Waals surface area contributed by atoms with Crippen molar-refractivity contribution in [1.82, 2.24) is 10.3 Å². The van der Waals surface area contributed by atoms with Crippen molar-refractivity contribution in [3.05, 3.63) is 59.7 Å². The van der Waals surface area contributed by atoms with E-state index in [0.29, 0.717) is 37.4 Å². The Kier molecular flexibility index (Phi) is 5.54. The number of ether oxygens (including phenoxy) is 2. The molecule has 1 spiro atoms. The number of piperidine rings is 1. The van der Waals surface area contributed by atoms with E-state index in [0.717, 1.165) is 31.6 Å². The molecule has 6 nitrogen and oxygen atoms in total. The number of carbonyl (C=O) groups excluding carboxylic acids is 1. The van der Waals surface area contributed by atoms with E-state index in [1.54, 1.807) is 30.5 Å². The molecule has 7 heteroatoms. The number of rotatable bonds is 5. The average molecular weight is 385 g/mol. The Morgan fingerprint density at radius 1 is 1.14 bits per heavy atom.